The molecule has 0 spiro atoms. The van der Waals surface area contributed by atoms with Gasteiger partial charge in [0.2, 0.25) is 5.91 Å². The van der Waals surface area contributed by atoms with Gasteiger partial charge in [-0.25, -0.2) is 0 Å². The van der Waals surface area contributed by atoms with Gasteiger partial charge in [0.05, 0.1) is 17.4 Å². The van der Waals surface area contributed by atoms with E-state index in [1.54, 1.807) is 0 Å². The first kappa shape index (κ1) is 17.6. The summed E-state index contributed by atoms with van der Waals surface area (Å²) in [6.45, 7) is 4.07. The Morgan fingerprint density at radius 3 is 2.42 bits per heavy atom. The Hall–Kier alpha value is -2.73. The average molecular weight is 328 g/mol. The Morgan fingerprint density at radius 2 is 1.83 bits per heavy atom. The highest BCUT2D eigenvalue weighted by Crippen LogP contribution is 2.17. The number of aryl methyl sites for hydroxylation is 2. The van der Waals surface area contributed by atoms with Gasteiger partial charge in [-0.1, -0.05) is 18.2 Å². The molecule has 0 bridgehead atoms. The maximum absolute atomic E-state index is 12.0. The maximum atomic E-state index is 12.0. The first-order chi connectivity index (χ1) is 11.4. The van der Waals surface area contributed by atoms with E-state index >= 15 is 0 Å². The van der Waals surface area contributed by atoms with E-state index in [2.05, 4.69) is 5.32 Å². The van der Waals surface area contributed by atoms with Gasteiger partial charge in [-0.3, -0.25) is 14.9 Å². The fraction of sp³-hybridized carbons (Fsp3) is 0.278. The number of nitrogens with zero attached hydrogens (tertiary/aromatic N) is 1. The summed E-state index contributed by atoms with van der Waals surface area (Å²) in [6.07, 6.45) is -0.664. The Bertz CT molecular complexity index is 741. The van der Waals surface area contributed by atoms with Crippen LogP contribution in [0.3, 0.4) is 0 Å². The lowest BCUT2D eigenvalue weighted by atomic mass is 10.0. The third-order valence-electron chi connectivity index (χ3n) is 3.92. The summed E-state index contributed by atoms with van der Waals surface area (Å²) in [4.78, 5) is 22.1. The lowest BCUT2D eigenvalue weighted by Gasteiger charge is -2.12. The Labute approximate surface area is 140 Å². The van der Waals surface area contributed by atoms with Crippen LogP contribution in [0.25, 0.3) is 0 Å². The van der Waals surface area contributed by atoms with Crippen LogP contribution >= 0.6 is 0 Å². The van der Waals surface area contributed by atoms with Crippen LogP contribution in [-0.2, 0) is 11.2 Å². The van der Waals surface area contributed by atoms with Crippen molar-refractivity contribution in [2.75, 3.05) is 6.54 Å². The Kier molecular flexibility index (Phi) is 5.65. The average Bonchev–Trinajstić information content (AvgIpc) is 2.56. The standard InChI is InChI=1S/C18H20N2O4/c1-12-3-4-14(9-13(12)2)10-18(22)19-11-17(21)15-5-7-16(8-6-15)20(23)24/h3-9,17,21H,10-11H2,1-2H3,(H,19,22). The molecule has 0 aromatic heterocycles. The minimum atomic E-state index is -0.908. The third kappa shape index (κ3) is 4.63. The summed E-state index contributed by atoms with van der Waals surface area (Å²) in [5, 5.41) is 23.3. The van der Waals surface area contributed by atoms with Gasteiger partial charge in [-0.15, -0.1) is 0 Å². The van der Waals surface area contributed by atoms with E-state index in [-0.39, 0.29) is 24.6 Å². The summed E-state index contributed by atoms with van der Waals surface area (Å²) < 4.78 is 0. The normalized spacial score (nSPS) is 11.8. The summed E-state index contributed by atoms with van der Waals surface area (Å²) in [5.74, 6) is -0.181. The van der Waals surface area contributed by atoms with E-state index in [0.29, 0.717) is 5.56 Å². The van der Waals surface area contributed by atoms with Crippen molar-refractivity contribution in [1.29, 1.82) is 0 Å². The van der Waals surface area contributed by atoms with Gasteiger partial charge in [0.15, 0.2) is 0 Å². The number of amides is 1. The van der Waals surface area contributed by atoms with E-state index in [1.807, 2.05) is 32.0 Å². The summed E-state index contributed by atoms with van der Waals surface area (Å²) in [6, 6.07) is 11.5. The molecule has 1 amide bonds. The molecule has 0 fully saturated rings. The number of non-ortho nitro benzene ring substituents is 1. The van der Waals surface area contributed by atoms with Crippen molar-refractivity contribution in [1.82, 2.24) is 5.32 Å². The van der Waals surface area contributed by atoms with Crippen molar-refractivity contribution in [2.45, 2.75) is 26.4 Å². The van der Waals surface area contributed by atoms with Crippen molar-refractivity contribution >= 4 is 11.6 Å². The van der Waals surface area contributed by atoms with Crippen molar-refractivity contribution in [3.8, 4) is 0 Å². The lowest BCUT2D eigenvalue weighted by Crippen LogP contribution is -2.29. The lowest BCUT2D eigenvalue weighted by molar-refractivity contribution is -0.384. The van der Waals surface area contributed by atoms with Gasteiger partial charge < -0.3 is 10.4 Å². The molecule has 6 heteroatoms. The predicted molar refractivity (Wildman–Crippen MR) is 90.7 cm³/mol. The van der Waals surface area contributed by atoms with Crippen LogP contribution in [0.1, 0.15) is 28.4 Å². The predicted octanol–water partition coefficient (Wildman–Crippen LogP) is 2.60. The highest BCUT2D eigenvalue weighted by molar-refractivity contribution is 5.78. The van der Waals surface area contributed by atoms with Gasteiger partial charge >= 0.3 is 0 Å². The van der Waals surface area contributed by atoms with Crippen LogP contribution in [0.4, 0.5) is 5.69 Å². The molecule has 0 aliphatic rings. The molecule has 126 valence electrons. The van der Waals surface area contributed by atoms with Crippen molar-refractivity contribution < 1.29 is 14.8 Å². The number of hydrogen-bond acceptors (Lipinski definition) is 4. The van der Waals surface area contributed by atoms with Crippen LogP contribution in [0, 0.1) is 24.0 Å². The number of benzene rings is 2. The van der Waals surface area contributed by atoms with Gasteiger partial charge in [-0.05, 0) is 48.2 Å². The minimum Gasteiger partial charge on any atom is -0.387 e. The maximum Gasteiger partial charge on any atom is 0.269 e. The molecule has 0 heterocycles. The number of nitrogens with one attached hydrogen (secondary N) is 1. The zero-order chi connectivity index (χ0) is 17.7. The molecular formula is C18H20N2O4. The summed E-state index contributed by atoms with van der Waals surface area (Å²) in [5.41, 5.74) is 3.70. The first-order valence-electron chi connectivity index (χ1n) is 7.62. The molecule has 0 aliphatic carbocycles. The van der Waals surface area contributed by atoms with E-state index in [4.69, 9.17) is 0 Å². The molecule has 1 unspecified atom stereocenters. The van der Waals surface area contributed by atoms with Crippen LogP contribution in [0.15, 0.2) is 42.5 Å². The fourth-order valence-corrected chi connectivity index (χ4v) is 2.31. The number of hydrogen-bond donors (Lipinski definition) is 2. The number of carbonyl (C=O) groups excluding carboxylic acids is 1. The smallest absolute Gasteiger partial charge is 0.269 e. The van der Waals surface area contributed by atoms with Crippen molar-refractivity contribution in [3.05, 3.63) is 74.8 Å². The zero-order valence-electron chi connectivity index (χ0n) is 13.7. The van der Waals surface area contributed by atoms with Crippen molar-refractivity contribution in [3.63, 3.8) is 0 Å². The number of aliphatic hydroxyl groups is 1. The van der Waals surface area contributed by atoms with Crippen LogP contribution in [0.5, 0.6) is 0 Å². The molecule has 2 rings (SSSR count). The molecule has 0 saturated heterocycles. The third-order valence-corrected chi connectivity index (χ3v) is 3.92. The molecule has 24 heavy (non-hydrogen) atoms. The van der Waals surface area contributed by atoms with E-state index in [9.17, 15) is 20.0 Å². The van der Waals surface area contributed by atoms with Crippen LogP contribution in [0.2, 0.25) is 0 Å². The second-order valence-corrected chi connectivity index (χ2v) is 5.76. The van der Waals surface area contributed by atoms with E-state index in [0.717, 1.165) is 11.1 Å². The molecule has 2 N–H and O–H groups in total. The van der Waals surface area contributed by atoms with E-state index < -0.39 is 11.0 Å². The first-order valence-corrected chi connectivity index (χ1v) is 7.62. The molecule has 2 aromatic rings. The molecular weight excluding hydrogens is 308 g/mol. The molecule has 0 radical (unpaired) electrons. The summed E-state index contributed by atoms with van der Waals surface area (Å²) in [7, 11) is 0. The second kappa shape index (κ2) is 7.70. The van der Waals surface area contributed by atoms with Gasteiger partial charge in [0, 0.05) is 18.7 Å². The number of nitro groups is 1. The molecule has 2 aromatic carbocycles. The molecule has 6 nitrogen and oxygen atoms in total. The molecule has 0 saturated carbocycles. The van der Waals surface area contributed by atoms with Crippen molar-refractivity contribution in [2.24, 2.45) is 0 Å². The monoisotopic (exact) mass is 328 g/mol. The number of nitro benzene ring substituents is 1. The number of carbonyl (C=O) groups is 1. The minimum absolute atomic E-state index is 0.0373. The SMILES string of the molecule is Cc1ccc(CC(=O)NCC(O)c2ccc([N+](=O)[O-])cc2)cc1C. The summed E-state index contributed by atoms with van der Waals surface area (Å²) >= 11 is 0. The highest BCUT2D eigenvalue weighted by Gasteiger charge is 2.12. The van der Waals surface area contributed by atoms with Gasteiger partial charge in [0.1, 0.15) is 0 Å². The zero-order valence-corrected chi connectivity index (χ0v) is 13.7. The topological polar surface area (TPSA) is 92.5 Å². The molecule has 1 atom stereocenters. The quantitative estimate of drug-likeness (QED) is 0.630. The Balaban J connectivity index is 1.88. The number of aliphatic hydroxyl groups excluding tert-OH is 1. The van der Waals surface area contributed by atoms with Gasteiger partial charge in [-0.2, -0.15) is 0 Å². The molecule has 0 aliphatic heterocycles. The largest absolute Gasteiger partial charge is 0.387 e. The Morgan fingerprint density at radius 1 is 1.17 bits per heavy atom. The highest BCUT2D eigenvalue weighted by atomic mass is 16.6. The van der Waals surface area contributed by atoms with Crippen LogP contribution in [-0.4, -0.2) is 22.5 Å². The van der Waals surface area contributed by atoms with E-state index in [1.165, 1.54) is 29.8 Å². The number of rotatable bonds is 6. The fourth-order valence-electron chi connectivity index (χ4n) is 2.31. The van der Waals surface area contributed by atoms with Gasteiger partial charge in [0.25, 0.3) is 5.69 Å². The van der Waals surface area contributed by atoms with Crippen LogP contribution < -0.4 is 5.32 Å². The second-order valence-electron chi connectivity index (χ2n) is 5.76.